The molecule has 2 atom stereocenters. The first-order valence-corrected chi connectivity index (χ1v) is 9.06. The van der Waals surface area contributed by atoms with Crippen LogP contribution in [0.25, 0.3) is 0 Å². The van der Waals surface area contributed by atoms with Crippen LogP contribution in [0.4, 0.5) is 0 Å². The Morgan fingerprint density at radius 2 is 2.17 bits per heavy atom. The second kappa shape index (κ2) is 6.09. The molecule has 18 heavy (non-hydrogen) atoms. The minimum atomic E-state index is -3.41. The summed E-state index contributed by atoms with van der Waals surface area (Å²) >= 11 is 1.81. The van der Waals surface area contributed by atoms with Crippen LogP contribution < -0.4 is 0 Å². The van der Waals surface area contributed by atoms with E-state index in [4.69, 9.17) is 0 Å². The van der Waals surface area contributed by atoms with Gasteiger partial charge in [-0.1, -0.05) is 6.42 Å². The van der Waals surface area contributed by atoms with Gasteiger partial charge in [-0.3, -0.25) is 0 Å². The lowest BCUT2D eigenvalue weighted by Gasteiger charge is -2.37. The minimum absolute atomic E-state index is 0.0769. The molecule has 0 aromatic rings. The van der Waals surface area contributed by atoms with Gasteiger partial charge in [0.2, 0.25) is 0 Å². The standard InChI is InChI=1S/C11H22N2O3S2/c1-12(11-5-7-17-9-11)18(15,16)13-6-3-2-4-10(13)8-14/h10-11,14H,2-9H2,1H3. The predicted octanol–water partition coefficient (Wildman–Crippen LogP) is 0.515. The van der Waals surface area contributed by atoms with Crippen molar-refractivity contribution in [2.75, 3.05) is 31.7 Å². The Hall–Kier alpha value is 0.180. The Morgan fingerprint density at radius 1 is 1.39 bits per heavy atom. The highest BCUT2D eigenvalue weighted by atomic mass is 32.2. The molecule has 2 aliphatic rings. The highest BCUT2D eigenvalue weighted by molar-refractivity contribution is 7.99. The van der Waals surface area contributed by atoms with Gasteiger partial charge in [-0.2, -0.15) is 28.8 Å². The summed E-state index contributed by atoms with van der Waals surface area (Å²) in [6.45, 7) is 0.463. The van der Waals surface area contributed by atoms with Gasteiger partial charge in [0, 0.05) is 31.4 Å². The van der Waals surface area contributed by atoms with Crippen molar-refractivity contribution in [3.05, 3.63) is 0 Å². The number of hydrogen-bond acceptors (Lipinski definition) is 4. The van der Waals surface area contributed by atoms with E-state index in [1.165, 1.54) is 8.61 Å². The maximum absolute atomic E-state index is 12.6. The zero-order valence-corrected chi connectivity index (χ0v) is 12.4. The highest BCUT2D eigenvalue weighted by Crippen LogP contribution is 2.27. The molecule has 2 saturated heterocycles. The Morgan fingerprint density at radius 3 is 2.78 bits per heavy atom. The molecule has 0 saturated carbocycles. The van der Waals surface area contributed by atoms with Gasteiger partial charge >= 0.3 is 0 Å². The van der Waals surface area contributed by atoms with E-state index in [1.807, 2.05) is 0 Å². The number of rotatable bonds is 4. The SMILES string of the molecule is CN(C1CCSC1)S(=O)(=O)N1CCCCC1CO. The van der Waals surface area contributed by atoms with Crippen LogP contribution in [0.2, 0.25) is 0 Å². The van der Waals surface area contributed by atoms with Crippen molar-refractivity contribution in [2.24, 2.45) is 0 Å². The molecular formula is C11H22N2O3S2. The van der Waals surface area contributed by atoms with Crippen molar-refractivity contribution in [1.82, 2.24) is 8.61 Å². The average molecular weight is 294 g/mol. The molecule has 5 nitrogen and oxygen atoms in total. The molecule has 2 aliphatic heterocycles. The molecule has 0 radical (unpaired) electrons. The molecule has 2 heterocycles. The van der Waals surface area contributed by atoms with Gasteiger partial charge in [-0.15, -0.1) is 0 Å². The zero-order valence-electron chi connectivity index (χ0n) is 10.8. The van der Waals surface area contributed by atoms with Crippen LogP contribution in [0.3, 0.4) is 0 Å². The van der Waals surface area contributed by atoms with Crippen molar-refractivity contribution >= 4 is 22.0 Å². The number of aliphatic hydroxyl groups is 1. The molecular weight excluding hydrogens is 272 g/mol. The molecule has 1 N–H and O–H groups in total. The molecule has 0 bridgehead atoms. The van der Waals surface area contributed by atoms with Crippen molar-refractivity contribution in [3.63, 3.8) is 0 Å². The fourth-order valence-corrected chi connectivity index (χ4v) is 5.78. The van der Waals surface area contributed by atoms with Crippen LogP contribution in [0, 0.1) is 0 Å². The number of aliphatic hydroxyl groups excluding tert-OH is 1. The summed E-state index contributed by atoms with van der Waals surface area (Å²) < 4.78 is 28.2. The molecule has 0 aromatic carbocycles. The first-order valence-electron chi connectivity index (χ1n) is 6.50. The summed E-state index contributed by atoms with van der Waals surface area (Å²) in [5.41, 5.74) is 0. The smallest absolute Gasteiger partial charge is 0.282 e. The van der Waals surface area contributed by atoms with Crippen LogP contribution >= 0.6 is 11.8 Å². The van der Waals surface area contributed by atoms with E-state index in [2.05, 4.69) is 0 Å². The first-order chi connectivity index (χ1) is 8.57. The van der Waals surface area contributed by atoms with E-state index in [0.717, 1.165) is 37.2 Å². The first kappa shape index (κ1) is 14.6. The molecule has 2 fully saturated rings. The molecule has 0 aromatic heterocycles. The lowest BCUT2D eigenvalue weighted by molar-refractivity contribution is 0.147. The highest BCUT2D eigenvalue weighted by Gasteiger charge is 2.38. The van der Waals surface area contributed by atoms with E-state index in [0.29, 0.717) is 6.54 Å². The Bertz CT molecular complexity index is 368. The van der Waals surface area contributed by atoms with Gasteiger partial charge in [0.25, 0.3) is 10.2 Å². The van der Waals surface area contributed by atoms with Gasteiger partial charge in [0.1, 0.15) is 0 Å². The molecule has 0 aliphatic carbocycles. The number of nitrogens with zero attached hydrogens (tertiary/aromatic N) is 2. The van der Waals surface area contributed by atoms with Crippen LogP contribution in [-0.4, -0.2) is 65.9 Å². The molecule has 2 rings (SSSR count). The maximum atomic E-state index is 12.6. The Labute approximate surface area is 114 Å². The minimum Gasteiger partial charge on any atom is -0.395 e. The third kappa shape index (κ3) is 2.85. The quantitative estimate of drug-likeness (QED) is 0.821. The second-order valence-electron chi connectivity index (χ2n) is 4.98. The van der Waals surface area contributed by atoms with Crippen molar-refractivity contribution in [3.8, 4) is 0 Å². The lowest BCUT2D eigenvalue weighted by Crippen LogP contribution is -2.53. The van der Waals surface area contributed by atoms with Gasteiger partial charge in [-0.05, 0) is 25.0 Å². The fourth-order valence-electron chi connectivity index (χ4n) is 2.62. The summed E-state index contributed by atoms with van der Waals surface area (Å²) in [6, 6.07) is -0.124. The van der Waals surface area contributed by atoms with Crippen LogP contribution in [0.5, 0.6) is 0 Å². The Balaban J connectivity index is 2.12. The molecule has 106 valence electrons. The van der Waals surface area contributed by atoms with Crippen LogP contribution in [-0.2, 0) is 10.2 Å². The Kier molecular flexibility index (Phi) is 4.93. The predicted molar refractivity (Wildman–Crippen MR) is 73.8 cm³/mol. The second-order valence-corrected chi connectivity index (χ2v) is 8.07. The van der Waals surface area contributed by atoms with Gasteiger partial charge in [0.05, 0.1) is 6.61 Å². The zero-order chi connectivity index (χ0) is 13.2. The number of hydrogen-bond donors (Lipinski definition) is 1. The third-order valence-electron chi connectivity index (χ3n) is 3.86. The van der Waals surface area contributed by atoms with E-state index in [-0.39, 0.29) is 18.7 Å². The van der Waals surface area contributed by atoms with Gasteiger partial charge < -0.3 is 5.11 Å². The maximum Gasteiger partial charge on any atom is 0.282 e. The summed E-state index contributed by atoms with van der Waals surface area (Å²) in [7, 11) is -1.74. The van der Waals surface area contributed by atoms with Crippen LogP contribution in [0.15, 0.2) is 0 Å². The average Bonchev–Trinajstić information content (AvgIpc) is 2.91. The van der Waals surface area contributed by atoms with Crippen molar-refractivity contribution in [1.29, 1.82) is 0 Å². The summed E-state index contributed by atoms with van der Waals surface area (Å²) in [6.07, 6.45) is 3.59. The number of piperidine rings is 1. The van der Waals surface area contributed by atoms with Gasteiger partial charge in [-0.25, -0.2) is 0 Å². The van der Waals surface area contributed by atoms with E-state index in [1.54, 1.807) is 18.8 Å². The van der Waals surface area contributed by atoms with Crippen molar-refractivity contribution < 1.29 is 13.5 Å². The molecule has 7 heteroatoms. The summed E-state index contributed by atoms with van der Waals surface area (Å²) in [5.74, 6) is 1.92. The van der Waals surface area contributed by atoms with Gasteiger partial charge in [0.15, 0.2) is 0 Å². The summed E-state index contributed by atoms with van der Waals surface area (Å²) in [4.78, 5) is 0. The van der Waals surface area contributed by atoms with E-state index in [9.17, 15) is 13.5 Å². The van der Waals surface area contributed by atoms with Crippen LogP contribution in [0.1, 0.15) is 25.7 Å². The van der Waals surface area contributed by atoms with E-state index >= 15 is 0 Å². The van der Waals surface area contributed by atoms with Crippen molar-refractivity contribution in [2.45, 2.75) is 37.8 Å². The number of thioether (sulfide) groups is 1. The fraction of sp³-hybridized carbons (Fsp3) is 1.00. The topological polar surface area (TPSA) is 60.9 Å². The third-order valence-corrected chi connectivity index (χ3v) is 7.11. The monoisotopic (exact) mass is 294 g/mol. The summed E-state index contributed by atoms with van der Waals surface area (Å²) in [5, 5.41) is 9.34. The largest absolute Gasteiger partial charge is 0.395 e. The normalized spacial score (nSPS) is 31.1. The molecule has 0 spiro atoms. The lowest BCUT2D eigenvalue weighted by atomic mass is 10.1. The van der Waals surface area contributed by atoms with E-state index < -0.39 is 10.2 Å². The molecule has 2 unspecified atom stereocenters. The molecule has 0 amide bonds.